The molecule has 0 spiro atoms. The Morgan fingerprint density at radius 1 is 1.34 bits per heavy atom. The number of nitrogens with one attached hydrogen (secondary N) is 2. The van der Waals surface area contributed by atoms with Gasteiger partial charge in [0.1, 0.15) is 23.3 Å². The molecule has 1 aliphatic carbocycles. The van der Waals surface area contributed by atoms with Crippen molar-refractivity contribution in [2.45, 2.75) is 68.7 Å². The maximum Gasteiger partial charge on any atom is 0.416 e. The summed E-state index contributed by atoms with van der Waals surface area (Å²) in [5.41, 5.74) is -0.566. The molecule has 1 aromatic rings. The summed E-state index contributed by atoms with van der Waals surface area (Å²) in [6.07, 6.45) is 0.621. The minimum absolute atomic E-state index is 0.109. The van der Waals surface area contributed by atoms with E-state index in [1.54, 1.807) is 11.0 Å². The van der Waals surface area contributed by atoms with Crippen LogP contribution in [0.4, 0.5) is 21.2 Å². The highest BCUT2D eigenvalue weighted by atomic mass is 32.2. The number of alkyl carbamates (subject to hydrolysis) is 1. The van der Waals surface area contributed by atoms with Gasteiger partial charge in [-0.1, -0.05) is 0 Å². The van der Waals surface area contributed by atoms with Gasteiger partial charge in [-0.25, -0.2) is 14.6 Å². The monoisotopic (exact) mass is 420 g/mol. The second-order valence-corrected chi connectivity index (χ2v) is 9.39. The van der Waals surface area contributed by atoms with Crippen molar-refractivity contribution in [3.8, 4) is 0 Å². The lowest BCUT2D eigenvalue weighted by atomic mass is 9.88. The quantitative estimate of drug-likeness (QED) is 0.757. The molecule has 4 rings (SSSR count). The molecule has 10 heteroatoms. The second-order valence-electron chi connectivity index (χ2n) is 8.37. The van der Waals surface area contributed by atoms with Crippen LogP contribution in [-0.2, 0) is 14.3 Å². The van der Waals surface area contributed by atoms with E-state index in [1.807, 2.05) is 26.8 Å². The number of carbonyl (C=O) groups is 3. The number of hydrogen-bond acceptors (Lipinski definition) is 7. The fourth-order valence-corrected chi connectivity index (χ4v) is 4.57. The van der Waals surface area contributed by atoms with Gasteiger partial charge in [0.05, 0.1) is 16.7 Å². The van der Waals surface area contributed by atoms with E-state index in [9.17, 15) is 14.4 Å². The van der Waals surface area contributed by atoms with Crippen molar-refractivity contribution in [3.05, 3.63) is 12.1 Å². The summed E-state index contributed by atoms with van der Waals surface area (Å²) >= 11 is 1.42. The van der Waals surface area contributed by atoms with Gasteiger partial charge in [0.15, 0.2) is 0 Å². The molecule has 0 bridgehead atoms. The molecule has 3 aliphatic rings. The van der Waals surface area contributed by atoms with Gasteiger partial charge in [-0.2, -0.15) is 0 Å². The number of amides is 3. The lowest BCUT2D eigenvalue weighted by molar-refractivity contribution is -0.113. The molecule has 0 radical (unpaired) electrons. The Bertz CT molecular complexity index is 855. The van der Waals surface area contributed by atoms with Crippen LogP contribution >= 0.6 is 11.8 Å². The molecular formula is C19H24N4O5S. The van der Waals surface area contributed by atoms with Crippen LogP contribution < -0.4 is 15.5 Å². The zero-order chi connectivity index (χ0) is 20.8. The number of pyridine rings is 1. The Kier molecular flexibility index (Phi) is 5.05. The van der Waals surface area contributed by atoms with Gasteiger partial charge in [0.25, 0.3) is 0 Å². The van der Waals surface area contributed by atoms with E-state index in [2.05, 4.69) is 15.6 Å². The van der Waals surface area contributed by atoms with E-state index < -0.39 is 17.8 Å². The Morgan fingerprint density at radius 3 is 2.90 bits per heavy atom. The molecule has 3 atom stereocenters. The van der Waals surface area contributed by atoms with Crippen LogP contribution in [0, 0.1) is 0 Å². The number of hydrogen-bond donors (Lipinski definition) is 2. The van der Waals surface area contributed by atoms with Crippen molar-refractivity contribution in [2.24, 2.45) is 0 Å². The van der Waals surface area contributed by atoms with Gasteiger partial charge in [0, 0.05) is 12.5 Å². The summed E-state index contributed by atoms with van der Waals surface area (Å²) in [4.78, 5) is 43.1. The molecule has 2 fully saturated rings. The summed E-state index contributed by atoms with van der Waals surface area (Å²) in [7, 11) is 0. The van der Waals surface area contributed by atoms with E-state index in [4.69, 9.17) is 9.47 Å². The first kappa shape index (κ1) is 19.8. The van der Waals surface area contributed by atoms with Gasteiger partial charge >= 0.3 is 12.2 Å². The highest BCUT2D eigenvalue weighted by molar-refractivity contribution is 8.00. The van der Waals surface area contributed by atoms with Gasteiger partial charge in [-0.15, -0.1) is 11.8 Å². The first-order valence-corrected chi connectivity index (χ1v) is 10.6. The van der Waals surface area contributed by atoms with E-state index >= 15 is 0 Å². The molecule has 0 aromatic carbocycles. The molecule has 3 heterocycles. The van der Waals surface area contributed by atoms with E-state index in [1.165, 1.54) is 11.8 Å². The first-order valence-electron chi connectivity index (χ1n) is 9.63. The number of rotatable bonds is 2. The predicted octanol–water partition coefficient (Wildman–Crippen LogP) is 2.90. The Morgan fingerprint density at radius 2 is 2.14 bits per heavy atom. The summed E-state index contributed by atoms with van der Waals surface area (Å²) in [6, 6.07) is 3.36. The third-order valence-corrected chi connectivity index (χ3v) is 6.01. The van der Waals surface area contributed by atoms with Crippen LogP contribution in [0.5, 0.6) is 0 Å². The van der Waals surface area contributed by atoms with E-state index in [0.717, 1.165) is 4.90 Å². The maximum absolute atomic E-state index is 12.5. The Labute approximate surface area is 172 Å². The summed E-state index contributed by atoms with van der Waals surface area (Å²) < 4.78 is 10.9. The van der Waals surface area contributed by atoms with Gasteiger partial charge in [0.2, 0.25) is 5.91 Å². The van der Waals surface area contributed by atoms with E-state index in [-0.39, 0.29) is 24.1 Å². The first-order chi connectivity index (χ1) is 13.7. The van der Waals surface area contributed by atoms with Crippen molar-refractivity contribution >= 4 is 41.5 Å². The number of thioether (sulfide) groups is 1. The summed E-state index contributed by atoms with van der Waals surface area (Å²) in [5.74, 6) is 1.18. The third-order valence-electron chi connectivity index (χ3n) is 4.97. The fourth-order valence-electron chi connectivity index (χ4n) is 3.81. The molecule has 29 heavy (non-hydrogen) atoms. The van der Waals surface area contributed by atoms with Gasteiger partial charge in [-0.05, 0) is 45.7 Å². The summed E-state index contributed by atoms with van der Waals surface area (Å²) in [5, 5.41) is 5.61. The molecule has 1 saturated carbocycles. The van der Waals surface area contributed by atoms with Crippen molar-refractivity contribution in [1.82, 2.24) is 10.3 Å². The number of nitrogens with zero attached hydrogens (tertiary/aromatic N) is 2. The lowest BCUT2D eigenvalue weighted by Crippen LogP contribution is -2.48. The predicted molar refractivity (Wildman–Crippen MR) is 107 cm³/mol. The molecule has 9 nitrogen and oxygen atoms in total. The number of aromatic nitrogens is 1. The van der Waals surface area contributed by atoms with Crippen LogP contribution in [0.3, 0.4) is 0 Å². The number of ether oxygens (including phenoxy) is 2. The molecular weight excluding hydrogens is 396 g/mol. The molecule has 2 N–H and O–H groups in total. The van der Waals surface area contributed by atoms with Crippen LogP contribution in [0.1, 0.15) is 40.0 Å². The molecule has 2 aliphatic heterocycles. The minimum atomic E-state index is -0.566. The standard InChI is InChI=1S/C19H24N4O5S/c1-19(2,3)28-17(25)20-10-4-5-11-12(8-10)27-18(26)23(11)14-7-6-13-16(21-14)22-15(24)9-29-13/h6-7,10-12H,4-5,8-9H2,1-3H3,(H,20,25)(H,21,22,24)/t10-,11-,12-/m0/s1. The lowest BCUT2D eigenvalue weighted by Gasteiger charge is -2.33. The van der Waals surface area contributed by atoms with Crippen LogP contribution in [0.15, 0.2) is 17.0 Å². The van der Waals surface area contributed by atoms with E-state index in [0.29, 0.717) is 36.7 Å². The van der Waals surface area contributed by atoms with Crippen LogP contribution in [0.25, 0.3) is 0 Å². The Balaban J connectivity index is 1.44. The van der Waals surface area contributed by atoms with Crippen molar-refractivity contribution in [1.29, 1.82) is 0 Å². The largest absolute Gasteiger partial charge is 0.444 e. The highest BCUT2D eigenvalue weighted by Crippen LogP contribution is 2.37. The third kappa shape index (κ3) is 4.26. The fraction of sp³-hybridized carbons (Fsp3) is 0.579. The zero-order valence-electron chi connectivity index (χ0n) is 16.6. The van der Waals surface area contributed by atoms with Gasteiger partial charge < -0.3 is 20.1 Å². The van der Waals surface area contributed by atoms with Crippen molar-refractivity contribution in [2.75, 3.05) is 16.0 Å². The summed E-state index contributed by atoms with van der Waals surface area (Å²) in [6.45, 7) is 5.44. The van der Waals surface area contributed by atoms with Crippen LogP contribution in [0.2, 0.25) is 0 Å². The molecule has 3 amide bonds. The minimum Gasteiger partial charge on any atom is -0.444 e. The smallest absolute Gasteiger partial charge is 0.416 e. The number of carbonyl (C=O) groups excluding carboxylic acids is 3. The second kappa shape index (κ2) is 7.40. The number of fused-ring (bicyclic) bond motifs is 2. The molecule has 0 unspecified atom stereocenters. The van der Waals surface area contributed by atoms with Crippen LogP contribution in [-0.4, -0.2) is 52.6 Å². The topological polar surface area (TPSA) is 110 Å². The highest BCUT2D eigenvalue weighted by Gasteiger charge is 2.47. The number of anilines is 2. The normalized spacial score (nSPS) is 26.2. The van der Waals surface area contributed by atoms with Crippen molar-refractivity contribution in [3.63, 3.8) is 0 Å². The van der Waals surface area contributed by atoms with Crippen molar-refractivity contribution < 1.29 is 23.9 Å². The SMILES string of the molecule is CC(C)(C)OC(=O)N[C@H]1CC[C@H]2[C@H](C1)OC(=O)N2c1ccc2c(n1)NC(=O)CS2. The molecule has 1 aromatic heterocycles. The average molecular weight is 420 g/mol. The zero-order valence-corrected chi connectivity index (χ0v) is 17.4. The Hall–Kier alpha value is -2.49. The maximum atomic E-state index is 12.5. The molecule has 1 saturated heterocycles. The molecule has 156 valence electrons. The van der Waals surface area contributed by atoms with Gasteiger partial charge in [-0.3, -0.25) is 9.69 Å². The average Bonchev–Trinajstić information content (AvgIpc) is 2.94.